The molecule has 0 atom stereocenters. The van der Waals surface area contributed by atoms with E-state index in [-0.39, 0.29) is 17.5 Å². The molecular formula is C23H20F2N4O2S. The van der Waals surface area contributed by atoms with E-state index in [2.05, 4.69) is 15.6 Å². The zero-order chi connectivity index (χ0) is 22.5. The number of likely N-dealkylation sites (tertiary alicyclic amines) is 1. The van der Waals surface area contributed by atoms with Gasteiger partial charge in [-0.05, 0) is 55.3 Å². The van der Waals surface area contributed by atoms with E-state index < -0.39 is 11.6 Å². The number of nitrogens with zero attached hydrogens (tertiary/aromatic N) is 2. The summed E-state index contributed by atoms with van der Waals surface area (Å²) in [5, 5.41) is 7.25. The molecular weight excluding hydrogens is 434 g/mol. The average molecular weight is 455 g/mol. The van der Waals surface area contributed by atoms with Gasteiger partial charge in [0.15, 0.2) is 0 Å². The molecule has 3 amide bonds. The van der Waals surface area contributed by atoms with Gasteiger partial charge in [0, 0.05) is 35.4 Å². The zero-order valence-corrected chi connectivity index (χ0v) is 17.8. The van der Waals surface area contributed by atoms with Gasteiger partial charge in [0.05, 0.1) is 5.51 Å². The molecule has 3 aromatic rings. The van der Waals surface area contributed by atoms with E-state index in [1.165, 1.54) is 17.4 Å². The molecule has 32 heavy (non-hydrogen) atoms. The predicted molar refractivity (Wildman–Crippen MR) is 121 cm³/mol. The molecule has 0 aliphatic carbocycles. The van der Waals surface area contributed by atoms with Gasteiger partial charge in [-0.15, -0.1) is 11.3 Å². The van der Waals surface area contributed by atoms with Gasteiger partial charge in [0.2, 0.25) is 0 Å². The highest BCUT2D eigenvalue weighted by atomic mass is 32.1. The monoisotopic (exact) mass is 454 g/mol. The van der Waals surface area contributed by atoms with Crippen LogP contribution in [0, 0.1) is 11.6 Å². The van der Waals surface area contributed by atoms with E-state index in [1.54, 1.807) is 46.1 Å². The second kappa shape index (κ2) is 9.69. The third-order valence-electron chi connectivity index (χ3n) is 5.07. The fourth-order valence-electron chi connectivity index (χ4n) is 3.35. The molecule has 6 nitrogen and oxygen atoms in total. The Balaban J connectivity index is 1.30. The van der Waals surface area contributed by atoms with Crippen LogP contribution in [0.4, 0.5) is 25.0 Å². The zero-order valence-electron chi connectivity index (χ0n) is 17.0. The summed E-state index contributed by atoms with van der Waals surface area (Å²) in [6.07, 6.45) is 2.84. The number of urea groups is 1. The average Bonchev–Trinajstić information content (AvgIpc) is 3.33. The van der Waals surface area contributed by atoms with Gasteiger partial charge in [0.1, 0.15) is 17.3 Å². The van der Waals surface area contributed by atoms with Crippen molar-refractivity contribution in [2.45, 2.75) is 12.8 Å². The largest absolute Gasteiger partial charge is 0.324 e. The van der Waals surface area contributed by atoms with Gasteiger partial charge in [-0.2, -0.15) is 0 Å². The predicted octanol–water partition coefficient (Wildman–Crippen LogP) is 5.38. The van der Waals surface area contributed by atoms with Crippen molar-refractivity contribution >= 4 is 40.7 Å². The molecule has 2 heterocycles. The van der Waals surface area contributed by atoms with Gasteiger partial charge >= 0.3 is 6.03 Å². The van der Waals surface area contributed by atoms with Crippen LogP contribution in [0.25, 0.3) is 6.08 Å². The maximum atomic E-state index is 13.8. The van der Waals surface area contributed by atoms with Crippen LogP contribution in [0.3, 0.4) is 0 Å². The first-order chi connectivity index (χ1) is 15.5. The number of rotatable bonds is 4. The van der Waals surface area contributed by atoms with Crippen LogP contribution in [-0.4, -0.2) is 34.9 Å². The van der Waals surface area contributed by atoms with Crippen LogP contribution in [0.2, 0.25) is 0 Å². The van der Waals surface area contributed by atoms with Gasteiger partial charge in [-0.3, -0.25) is 4.79 Å². The van der Waals surface area contributed by atoms with Crippen LogP contribution < -0.4 is 10.6 Å². The maximum absolute atomic E-state index is 13.8. The van der Waals surface area contributed by atoms with E-state index in [1.807, 2.05) is 0 Å². The second-order valence-electron chi connectivity index (χ2n) is 7.29. The number of hydrogen-bond acceptors (Lipinski definition) is 4. The number of piperidine rings is 1. The lowest BCUT2D eigenvalue weighted by molar-refractivity contribution is 0.102. The van der Waals surface area contributed by atoms with Crippen molar-refractivity contribution in [2.75, 3.05) is 23.7 Å². The Labute approximate surface area is 187 Å². The number of carbonyl (C=O) groups is 2. The maximum Gasteiger partial charge on any atom is 0.321 e. The summed E-state index contributed by atoms with van der Waals surface area (Å²) in [4.78, 5) is 30.2. The number of amides is 3. The van der Waals surface area contributed by atoms with Crippen molar-refractivity contribution < 1.29 is 18.4 Å². The quantitative estimate of drug-likeness (QED) is 0.556. The molecule has 1 aromatic heterocycles. The summed E-state index contributed by atoms with van der Waals surface area (Å²) in [6, 6.07) is 9.94. The van der Waals surface area contributed by atoms with E-state index in [4.69, 9.17) is 0 Å². The number of benzene rings is 2. The Morgan fingerprint density at radius 2 is 1.69 bits per heavy atom. The lowest BCUT2D eigenvalue weighted by Crippen LogP contribution is -2.39. The van der Waals surface area contributed by atoms with E-state index in [0.717, 1.165) is 17.7 Å². The summed E-state index contributed by atoms with van der Waals surface area (Å²) in [6.45, 7) is 0.965. The number of hydrogen-bond donors (Lipinski definition) is 2. The third kappa shape index (κ3) is 5.36. The van der Waals surface area contributed by atoms with E-state index >= 15 is 0 Å². The molecule has 0 saturated carbocycles. The number of anilines is 2. The van der Waals surface area contributed by atoms with Crippen molar-refractivity contribution in [1.82, 2.24) is 9.88 Å². The fraction of sp³-hybridized carbons (Fsp3) is 0.174. The molecule has 1 aliphatic heterocycles. The minimum Gasteiger partial charge on any atom is -0.324 e. The lowest BCUT2D eigenvalue weighted by Gasteiger charge is -2.28. The molecule has 2 aromatic carbocycles. The molecule has 1 saturated heterocycles. The fourth-order valence-corrected chi connectivity index (χ4v) is 3.88. The molecule has 0 unspecified atom stereocenters. The SMILES string of the molecule is O=C(Nc1ccc(NC(=O)N2CCC(=Cc3cc(F)ccc3F)CC2)cc1)c1cscn1. The molecule has 0 spiro atoms. The Kier molecular flexibility index (Phi) is 6.55. The number of carbonyl (C=O) groups excluding carboxylic acids is 2. The summed E-state index contributed by atoms with van der Waals surface area (Å²) >= 11 is 1.34. The van der Waals surface area contributed by atoms with Crippen LogP contribution in [-0.2, 0) is 0 Å². The van der Waals surface area contributed by atoms with Crippen LogP contribution >= 0.6 is 11.3 Å². The highest BCUT2D eigenvalue weighted by molar-refractivity contribution is 7.07. The Bertz CT molecular complexity index is 1140. The number of nitrogens with one attached hydrogen (secondary N) is 2. The number of aromatic nitrogens is 1. The van der Waals surface area contributed by atoms with E-state index in [9.17, 15) is 18.4 Å². The minimum absolute atomic E-state index is 0.222. The lowest BCUT2D eigenvalue weighted by atomic mass is 10.0. The summed E-state index contributed by atoms with van der Waals surface area (Å²) < 4.78 is 27.2. The van der Waals surface area contributed by atoms with E-state index in [0.29, 0.717) is 43.0 Å². The Hall–Kier alpha value is -3.59. The molecule has 2 N–H and O–H groups in total. The van der Waals surface area contributed by atoms with Crippen LogP contribution in [0.5, 0.6) is 0 Å². The molecule has 1 fully saturated rings. The normalized spacial score (nSPS) is 13.6. The molecule has 0 radical (unpaired) electrons. The van der Waals surface area contributed by atoms with Crippen molar-refractivity contribution in [2.24, 2.45) is 0 Å². The van der Waals surface area contributed by atoms with Gasteiger partial charge in [-0.25, -0.2) is 18.6 Å². The molecule has 4 rings (SSSR count). The first kappa shape index (κ1) is 21.6. The Morgan fingerprint density at radius 3 is 2.34 bits per heavy atom. The standard InChI is InChI=1S/C23H20F2N4O2S/c24-17-1-6-20(25)16(12-17)11-15-7-9-29(10-8-15)23(31)28-19-4-2-18(3-5-19)27-22(30)21-13-32-14-26-21/h1-6,11-14H,7-10H2,(H,27,30)(H,28,31). The smallest absolute Gasteiger partial charge is 0.321 e. The van der Waals surface area contributed by atoms with Crippen molar-refractivity contribution in [3.05, 3.63) is 81.8 Å². The Morgan fingerprint density at radius 1 is 1.00 bits per heavy atom. The first-order valence-electron chi connectivity index (χ1n) is 9.98. The molecule has 1 aliphatic rings. The highest BCUT2D eigenvalue weighted by Crippen LogP contribution is 2.22. The topological polar surface area (TPSA) is 74.3 Å². The first-order valence-corrected chi connectivity index (χ1v) is 10.9. The highest BCUT2D eigenvalue weighted by Gasteiger charge is 2.19. The number of thiazole rings is 1. The van der Waals surface area contributed by atoms with Gasteiger partial charge in [0.25, 0.3) is 5.91 Å². The number of halogens is 2. The molecule has 0 bridgehead atoms. The van der Waals surface area contributed by atoms with Crippen LogP contribution in [0.1, 0.15) is 28.9 Å². The minimum atomic E-state index is -0.483. The van der Waals surface area contributed by atoms with Crippen molar-refractivity contribution in [3.8, 4) is 0 Å². The molecule has 164 valence electrons. The van der Waals surface area contributed by atoms with Gasteiger partial charge in [-0.1, -0.05) is 11.6 Å². The summed E-state index contributed by atoms with van der Waals surface area (Å²) in [7, 11) is 0. The van der Waals surface area contributed by atoms with Crippen LogP contribution in [0.15, 0.2) is 58.9 Å². The van der Waals surface area contributed by atoms with Gasteiger partial charge < -0.3 is 15.5 Å². The molecule has 9 heteroatoms. The summed E-state index contributed by atoms with van der Waals surface area (Å²) in [5.74, 6) is -1.24. The second-order valence-corrected chi connectivity index (χ2v) is 8.01. The van der Waals surface area contributed by atoms with Crippen molar-refractivity contribution in [1.29, 1.82) is 0 Å². The third-order valence-corrected chi connectivity index (χ3v) is 5.66. The summed E-state index contributed by atoms with van der Waals surface area (Å²) in [5.41, 5.74) is 4.33. The van der Waals surface area contributed by atoms with Crippen molar-refractivity contribution in [3.63, 3.8) is 0 Å².